The lowest BCUT2D eigenvalue weighted by Gasteiger charge is -2.32. The van der Waals surface area contributed by atoms with Gasteiger partial charge in [0, 0.05) is 25.7 Å². The van der Waals surface area contributed by atoms with Gasteiger partial charge in [0.25, 0.3) is 0 Å². The van der Waals surface area contributed by atoms with E-state index in [-0.39, 0.29) is 12.6 Å². The highest BCUT2D eigenvalue weighted by Crippen LogP contribution is 2.22. The van der Waals surface area contributed by atoms with Crippen LogP contribution >= 0.6 is 0 Å². The summed E-state index contributed by atoms with van der Waals surface area (Å²) in [5.41, 5.74) is 5.81. The predicted molar refractivity (Wildman–Crippen MR) is 64.0 cm³/mol. The van der Waals surface area contributed by atoms with Gasteiger partial charge in [-0.1, -0.05) is 0 Å². The molecule has 1 aromatic rings. The van der Waals surface area contributed by atoms with Gasteiger partial charge in [0.15, 0.2) is 0 Å². The van der Waals surface area contributed by atoms with Gasteiger partial charge in [-0.05, 0) is 32.4 Å². The van der Waals surface area contributed by atoms with Crippen LogP contribution in [-0.2, 0) is 0 Å². The van der Waals surface area contributed by atoms with Crippen molar-refractivity contribution in [3.63, 3.8) is 0 Å². The van der Waals surface area contributed by atoms with Gasteiger partial charge in [-0.3, -0.25) is 4.90 Å². The van der Waals surface area contributed by atoms with E-state index in [0.717, 1.165) is 18.7 Å². The van der Waals surface area contributed by atoms with Crippen molar-refractivity contribution in [1.82, 2.24) is 4.90 Å². The van der Waals surface area contributed by atoms with E-state index in [0.29, 0.717) is 12.6 Å². The Labute approximate surface area is 97.0 Å². The summed E-state index contributed by atoms with van der Waals surface area (Å²) >= 11 is 0. The Bertz CT molecular complexity index is 273. The van der Waals surface area contributed by atoms with Gasteiger partial charge in [-0.25, -0.2) is 0 Å². The molecule has 0 fully saturated rings. The van der Waals surface area contributed by atoms with Gasteiger partial charge in [-0.2, -0.15) is 0 Å². The lowest BCUT2D eigenvalue weighted by molar-refractivity contribution is 0.126. The van der Waals surface area contributed by atoms with Crippen molar-refractivity contribution in [2.24, 2.45) is 5.73 Å². The first-order chi connectivity index (χ1) is 7.70. The van der Waals surface area contributed by atoms with Gasteiger partial charge in [0.1, 0.15) is 5.76 Å². The first-order valence-electron chi connectivity index (χ1n) is 5.80. The van der Waals surface area contributed by atoms with E-state index in [1.807, 2.05) is 12.1 Å². The Morgan fingerprint density at radius 2 is 2.25 bits per heavy atom. The van der Waals surface area contributed by atoms with Crippen LogP contribution in [-0.4, -0.2) is 35.7 Å². The zero-order chi connectivity index (χ0) is 12.0. The van der Waals surface area contributed by atoms with Crippen LogP contribution < -0.4 is 5.73 Å². The van der Waals surface area contributed by atoms with Crippen LogP contribution in [0.1, 0.15) is 32.1 Å². The average Bonchev–Trinajstić information content (AvgIpc) is 2.76. The van der Waals surface area contributed by atoms with E-state index >= 15 is 0 Å². The molecule has 16 heavy (non-hydrogen) atoms. The average molecular weight is 226 g/mol. The fourth-order valence-corrected chi connectivity index (χ4v) is 1.92. The van der Waals surface area contributed by atoms with E-state index < -0.39 is 0 Å². The molecule has 0 saturated carbocycles. The number of aliphatic hydroxyl groups is 1. The van der Waals surface area contributed by atoms with Gasteiger partial charge >= 0.3 is 0 Å². The van der Waals surface area contributed by atoms with Crippen LogP contribution in [0.5, 0.6) is 0 Å². The van der Waals surface area contributed by atoms with Crippen molar-refractivity contribution >= 4 is 0 Å². The molecule has 0 amide bonds. The molecule has 4 nitrogen and oxygen atoms in total. The van der Waals surface area contributed by atoms with Gasteiger partial charge in [-0.15, -0.1) is 0 Å². The summed E-state index contributed by atoms with van der Waals surface area (Å²) in [6.07, 6.45) is 2.43. The summed E-state index contributed by atoms with van der Waals surface area (Å²) in [5, 5.41) is 8.90. The quantitative estimate of drug-likeness (QED) is 0.737. The molecule has 0 radical (unpaired) electrons. The Morgan fingerprint density at radius 3 is 2.69 bits per heavy atom. The lowest BCUT2D eigenvalue weighted by Crippen LogP contribution is -2.39. The fraction of sp³-hybridized carbons (Fsp3) is 0.667. The lowest BCUT2D eigenvalue weighted by atomic mass is 10.1. The maximum Gasteiger partial charge on any atom is 0.122 e. The van der Waals surface area contributed by atoms with E-state index in [1.54, 1.807) is 6.26 Å². The number of rotatable bonds is 7. The van der Waals surface area contributed by atoms with Crippen molar-refractivity contribution in [3.8, 4) is 0 Å². The maximum absolute atomic E-state index is 8.90. The first-order valence-corrected chi connectivity index (χ1v) is 5.80. The van der Waals surface area contributed by atoms with Crippen LogP contribution in [0.3, 0.4) is 0 Å². The summed E-state index contributed by atoms with van der Waals surface area (Å²) in [4.78, 5) is 2.26. The first kappa shape index (κ1) is 13.2. The number of nitrogens with two attached hydrogens (primary N) is 1. The van der Waals surface area contributed by atoms with Gasteiger partial charge in [0.2, 0.25) is 0 Å². The second-order valence-corrected chi connectivity index (χ2v) is 4.18. The minimum absolute atomic E-state index is 0.0987. The normalized spacial score (nSPS) is 13.6. The molecular formula is C12H22N2O2. The van der Waals surface area contributed by atoms with Crippen LogP contribution in [0.2, 0.25) is 0 Å². The minimum atomic E-state index is 0.0987. The van der Waals surface area contributed by atoms with Gasteiger partial charge < -0.3 is 15.3 Å². The second kappa shape index (κ2) is 6.68. The highest BCUT2D eigenvalue weighted by molar-refractivity contribution is 5.05. The second-order valence-electron chi connectivity index (χ2n) is 4.18. The third-order valence-electron chi connectivity index (χ3n) is 2.73. The highest BCUT2D eigenvalue weighted by atomic mass is 16.3. The van der Waals surface area contributed by atoms with Crippen molar-refractivity contribution in [3.05, 3.63) is 24.2 Å². The molecule has 0 aliphatic rings. The summed E-state index contributed by atoms with van der Waals surface area (Å²) in [7, 11) is 0. The Kier molecular flexibility index (Phi) is 5.52. The van der Waals surface area contributed by atoms with E-state index in [4.69, 9.17) is 15.3 Å². The SMILES string of the molecule is CC(C)N(CCCO)C(CN)c1ccco1. The minimum Gasteiger partial charge on any atom is -0.468 e. The number of aliphatic hydroxyl groups excluding tert-OH is 1. The van der Waals surface area contributed by atoms with E-state index in [9.17, 15) is 0 Å². The summed E-state index contributed by atoms with van der Waals surface area (Å²) in [6.45, 7) is 5.82. The molecular weight excluding hydrogens is 204 g/mol. The molecule has 0 aromatic carbocycles. The molecule has 1 atom stereocenters. The Balaban J connectivity index is 2.73. The molecule has 92 valence electrons. The molecule has 4 heteroatoms. The predicted octanol–water partition coefficient (Wildman–Crippen LogP) is 1.37. The van der Waals surface area contributed by atoms with Crippen molar-refractivity contribution < 1.29 is 9.52 Å². The van der Waals surface area contributed by atoms with Crippen LogP contribution in [0, 0.1) is 0 Å². The number of hydrogen-bond acceptors (Lipinski definition) is 4. The molecule has 1 heterocycles. The number of furan rings is 1. The van der Waals surface area contributed by atoms with Crippen LogP contribution in [0.15, 0.2) is 22.8 Å². The molecule has 0 bridgehead atoms. The van der Waals surface area contributed by atoms with E-state index in [2.05, 4.69) is 18.7 Å². The van der Waals surface area contributed by atoms with E-state index in [1.165, 1.54) is 0 Å². The maximum atomic E-state index is 8.90. The van der Waals surface area contributed by atoms with Crippen molar-refractivity contribution in [2.75, 3.05) is 19.7 Å². The van der Waals surface area contributed by atoms with Gasteiger partial charge in [0.05, 0.1) is 12.3 Å². The van der Waals surface area contributed by atoms with Crippen molar-refractivity contribution in [1.29, 1.82) is 0 Å². The molecule has 1 unspecified atom stereocenters. The van der Waals surface area contributed by atoms with Crippen LogP contribution in [0.25, 0.3) is 0 Å². The fourth-order valence-electron chi connectivity index (χ4n) is 1.92. The molecule has 3 N–H and O–H groups in total. The standard InChI is InChI=1S/C12H22N2O2/c1-10(2)14(6-4-7-15)11(9-13)12-5-3-8-16-12/h3,5,8,10-11,15H,4,6-7,9,13H2,1-2H3. The molecule has 0 spiro atoms. The highest BCUT2D eigenvalue weighted by Gasteiger charge is 2.23. The Hall–Kier alpha value is -0.840. The largest absolute Gasteiger partial charge is 0.468 e. The third kappa shape index (κ3) is 3.33. The molecule has 1 aromatic heterocycles. The summed E-state index contributed by atoms with van der Waals surface area (Å²) in [6, 6.07) is 4.31. The zero-order valence-electron chi connectivity index (χ0n) is 10.1. The molecule has 0 aliphatic heterocycles. The smallest absolute Gasteiger partial charge is 0.122 e. The monoisotopic (exact) mass is 226 g/mol. The summed E-state index contributed by atoms with van der Waals surface area (Å²) in [5.74, 6) is 0.897. The van der Waals surface area contributed by atoms with Crippen LogP contribution in [0.4, 0.5) is 0 Å². The number of nitrogens with zero attached hydrogens (tertiary/aromatic N) is 1. The molecule has 0 aliphatic carbocycles. The molecule has 0 saturated heterocycles. The topological polar surface area (TPSA) is 62.6 Å². The van der Waals surface area contributed by atoms with Crippen molar-refractivity contribution in [2.45, 2.75) is 32.4 Å². The Morgan fingerprint density at radius 1 is 1.50 bits per heavy atom. The summed E-state index contributed by atoms with van der Waals surface area (Å²) < 4.78 is 5.41. The number of hydrogen-bond donors (Lipinski definition) is 2. The zero-order valence-corrected chi connectivity index (χ0v) is 10.1. The third-order valence-corrected chi connectivity index (χ3v) is 2.73. The molecule has 1 rings (SSSR count).